The lowest BCUT2D eigenvalue weighted by atomic mass is 10.1. The molecule has 1 aliphatic rings. The van der Waals surface area contributed by atoms with E-state index in [1.807, 2.05) is 60.4 Å². The van der Waals surface area contributed by atoms with Crippen molar-refractivity contribution in [3.05, 3.63) is 99.6 Å². The lowest BCUT2D eigenvalue weighted by Crippen LogP contribution is -2.40. The summed E-state index contributed by atoms with van der Waals surface area (Å²) < 4.78 is 6.04. The fraction of sp³-hybridized carbons (Fsp3) is 0.174. The maximum Gasteiger partial charge on any atom is 0.269 e. The van der Waals surface area contributed by atoms with Crippen LogP contribution in [0.15, 0.2) is 72.8 Å². The first-order chi connectivity index (χ1) is 14.5. The van der Waals surface area contributed by atoms with Gasteiger partial charge in [-0.15, -0.1) is 0 Å². The van der Waals surface area contributed by atoms with Gasteiger partial charge in [-0.3, -0.25) is 14.9 Å². The number of ether oxygens (including phenoxy) is 1. The first kappa shape index (κ1) is 19.6. The Labute approximate surface area is 174 Å². The average Bonchev–Trinajstić information content (AvgIpc) is 2.75. The van der Waals surface area contributed by atoms with Gasteiger partial charge in [-0.05, 0) is 24.6 Å². The molecule has 0 aromatic heterocycles. The van der Waals surface area contributed by atoms with E-state index >= 15 is 0 Å². The molecule has 1 unspecified atom stereocenters. The number of carbonyl (C=O) groups excluding carboxylic acids is 1. The largest absolute Gasteiger partial charge is 0.349 e. The minimum atomic E-state index is -0.609. The van der Waals surface area contributed by atoms with E-state index in [-0.39, 0.29) is 18.1 Å². The summed E-state index contributed by atoms with van der Waals surface area (Å²) in [6.45, 7) is 2.33. The number of benzene rings is 3. The highest BCUT2D eigenvalue weighted by molar-refractivity contribution is 5.95. The van der Waals surface area contributed by atoms with Gasteiger partial charge in [0.2, 0.25) is 5.91 Å². The van der Waals surface area contributed by atoms with E-state index in [4.69, 9.17) is 4.74 Å². The summed E-state index contributed by atoms with van der Waals surface area (Å²) in [5, 5.41) is 14.2. The minimum Gasteiger partial charge on any atom is -0.349 e. The molecule has 0 spiro atoms. The Morgan fingerprint density at radius 3 is 2.70 bits per heavy atom. The summed E-state index contributed by atoms with van der Waals surface area (Å²) in [5.41, 5.74) is 4.17. The SMILES string of the molecule is Cc1ccccc1NC(=O)CN1c2ccccc2COC1c1cccc([N+](=O)[O-])c1. The molecular weight excluding hydrogens is 382 g/mol. The third kappa shape index (κ3) is 4.01. The highest BCUT2D eigenvalue weighted by Gasteiger charge is 2.30. The number of non-ortho nitro benzene ring substituents is 1. The van der Waals surface area contributed by atoms with Gasteiger partial charge in [0, 0.05) is 34.6 Å². The second-order valence-corrected chi connectivity index (χ2v) is 7.14. The lowest BCUT2D eigenvalue weighted by molar-refractivity contribution is -0.385. The molecule has 4 rings (SSSR count). The van der Waals surface area contributed by atoms with Crippen LogP contribution in [0.2, 0.25) is 0 Å². The van der Waals surface area contributed by atoms with Crippen molar-refractivity contribution in [2.45, 2.75) is 19.8 Å². The van der Waals surface area contributed by atoms with Crippen LogP contribution in [0.4, 0.5) is 17.1 Å². The van der Waals surface area contributed by atoms with Crippen molar-refractivity contribution in [3.63, 3.8) is 0 Å². The van der Waals surface area contributed by atoms with Crippen LogP contribution in [0.25, 0.3) is 0 Å². The van der Waals surface area contributed by atoms with Gasteiger partial charge < -0.3 is 15.0 Å². The maximum absolute atomic E-state index is 12.9. The third-order valence-electron chi connectivity index (χ3n) is 5.08. The van der Waals surface area contributed by atoms with Crippen LogP contribution in [-0.4, -0.2) is 17.4 Å². The van der Waals surface area contributed by atoms with Crippen LogP contribution in [0.5, 0.6) is 0 Å². The Kier molecular flexibility index (Phi) is 5.45. The molecule has 0 bridgehead atoms. The molecule has 0 aliphatic carbocycles. The molecule has 152 valence electrons. The van der Waals surface area contributed by atoms with E-state index in [2.05, 4.69) is 5.32 Å². The van der Waals surface area contributed by atoms with Gasteiger partial charge in [0.1, 0.15) is 6.54 Å². The monoisotopic (exact) mass is 403 g/mol. The summed E-state index contributed by atoms with van der Waals surface area (Å²) in [6, 6.07) is 21.6. The normalized spacial score (nSPS) is 15.4. The number of hydrogen-bond acceptors (Lipinski definition) is 5. The van der Waals surface area contributed by atoms with Crippen molar-refractivity contribution in [1.82, 2.24) is 0 Å². The Bertz CT molecular complexity index is 1100. The summed E-state index contributed by atoms with van der Waals surface area (Å²) in [4.78, 5) is 25.5. The van der Waals surface area contributed by atoms with E-state index in [1.165, 1.54) is 12.1 Å². The molecule has 1 atom stereocenters. The zero-order chi connectivity index (χ0) is 21.1. The molecule has 0 saturated carbocycles. The molecule has 7 nitrogen and oxygen atoms in total. The Morgan fingerprint density at radius 1 is 1.13 bits per heavy atom. The number of carbonyl (C=O) groups is 1. The quantitative estimate of drug-likeness (QED) is 0.498. The molecule has 1 N–H and O–H groups in total. The number of nitrogens with one attached hydrogen (secondary N) is 1. The molecule has 1 heterocycles. The van der Waals surface area contributed by atoms with Crippen LogP contribution in [0, 0.1) is 17.0 Å². The predicted molar refractivity (Wildman–Crippen MR) is 114 cm³/mol. The number of nitro benzene ring substituents is 1. The molecule has 0 fully saturated rings. The van der Waals surface area contributed by atoms with Crippen molar-refractivity contribution < 1.29 is 14.5 Å². The van der Waals surface area contributed by atoms with E-state index in [0.717, 1.165) is 22.5 Å². The summed E-state index contributed by atoms with van der Waals surface area (Å²) in [6.07, 6.45) is -0.609. The van der Waals surface area contributed by atoms with Crippen LogP contribution in [0.3, 0.4) is 0 Å². The van der Waals surface area contributed by atoms with Crippen LogP contribution >= 0.6 is 0 Å². The van der Waals surface area contributed by atoms with Crippen molar-refractivity contribution in [3.8, 4) is 0 Å². The van der Waals surface area contributed by atoms with Crippen molar-refractivity contribution in [2.75, 3.05) is 16.8 Å². The third-order valence-corrected chi connectivity index (χ3v) is 5.08. The van der Waals surface area contributed by atoms with E-state index in [0.29, 0.717) is 12.2 Å². The van der Waals surface area contributed by atoms with E-state index in [1.54, 1.807) is 12.1 Å². The molecule has 3 aromatic carbocycles. The first-order valence-electron chi connectivity index (χ1n) is 9.59. The second kappa shape index (κ2) is 8.34. The molecule has 0 radical (unpaired) electrons. The number of para-hydroxylation sites is 2. The number of anilines is 2. The van der Waals surface area contributed by atoms with E-state index < -0.39 is 11.2 Å². The first-order valence-corrected chi connectivity index (χ1v) is 9.59. The number of nitrogens with zero attached hydrogens (tertiary/aromatic N) is 2. The molecule has 1 aliphatic heterocycles. The van der Waals surface area contributed by atoms with Gasteiger partial charge in [0.15, 0.2) is 6.23 Å². The van der Waals surface area contributed by atoms with Crippen LogP contribution in [0.1, 0.15) is 22.9 Å². The standard InChI is InChI=1S/C23H21N3O4/c1-16-7-2-4-11-20(16)24-22(27)14-25-21-12-5-3-8-18(21)15-30-23(25)17-9-6-10-19(13-17)26(28)29/h2-13,23H,14-15H2,1H3,(H,24,27). The Balaban J connectivity index is 1.65. The predicted octanol–water partition coefficient (Wildman–Crippen LogP) is 4.58. The second-order valence-electron chi connectivity index (χ2n) is 7.14. The van der Waals surface area contributed by atoms with Crippen molar-refractivity contribution in [2.24, 2.45) is 0 Å². The molecule has 7 heteroatoms. The maximum atomic E-state index is 12.9. The number of rotatable bonds is 5. The number of nitro groups is 1. The summed E-state index contributed by atoms with van der Waals surface area (Å²) >= 11 is 0. The average molecular weight is 403 g/mol. The number of fused-ring (bicyclic) bond motifs is 1. The summed E-state index contributed by atoms with van der Waals surface area (Å²) in [7, 11) is 0. The van der Waals surface area contributed by atoms with Gasteiger partial charge >= 0.3 is 0 Å². The fourth-order valence-corrected chi connectivity index (χ4v) is 3.59. The summed E-state index contributed by atoms with van der Waals surface area (Å²) in [5.74, 6) is -0.194. The van der Waals surface area contributed by atoms with Gasteiger partial charge in [-0.25, -0.2) is 0 Å². The minimum absolute atomic E-state index is 0.0146. The molecule has 0 saturated heterocycles. The number of aryl methyl sites for hydroxylation is 1. The fourth-order valence-electron chi connectivity index (χ4n) is 3.59. The van der Waals surface area contributed by atoms with Crippen molar-refractivity contribution in [1.29, 1.82) is 0 Å². The van der Waals surface area contributed by atoms with E-state index in [9.17, 15) is 14.9 Å². The highest BCUT2D eigenvalue weighted by Crippen LogP contribution is 2.37. The zero-order valence-corrected chi connectivity index (χ0v) is 16.4. The van der Waals surface area contributed by atoms with Gasteiger partial charge in [0.25, 0.3) is 5.69 Å². The van der Waals surface area contributed by atoms with Crippen molar-refractivity contribution >= 4 is 23.0 Å². The van der Waals surface area contributed by atoms with Gasteiger partial charge in [-0.2, -0.15) is 0 Å². The zero-order valence-electron chi connectivity index (χ0n) is 16.4. The Morgan fingerprint density at radius 2 is 1.90 bits per heavy atom. The lowest BCUT2D eigenvalue weighted by Gasteiger charge is -2.38. The van der Waals surface area contributed by atoms with Crippen LogP contribution in [-0.2, 0) is 16.1 Å². The smallest absolute Gasteiger partial charge is 0.269 e. The molecule has 1 amide bonds. The van der Waals surface area contributed by atoms with Gasteiger partial charge in [-0.1, -0.05) is 48.5 Å². The van der Waals surface area contributed by atoms with Crippen LogP contribution < -0.4 is 10.2 Å². The molecule has 3 aromatic rings. The molecule has 30 heavy (non-hydrogen) atoms. The topological polar surface area (TPSA) is 84.7 Å². The number of amides is 1. The number of hydrogen-bond donors (Lipinski definition) is 1. The highest BCUT2D eigenvalue weighted by atomic mass is 16.6. The Hall–Kier alpha value is -3.71. The van der Waals surface area contributed by atoms with Gasteiger partial charge in [0.05, 0.1) is 11.5 Å². The molecular formula is C23H21N3O4.